The molecule has 1 fully saturated rings. The summed E-state index contributed by atoms with van der Waals surface area (Å²) in [5.74, 6) is -0.484. The van der Waals surface area contributed by atoms with Crippen molar-refractivity contribution in [2.75, 3.05) is 0 Å². The molecular weight excluding hydrogens is 284 g/mol. The van der Waals surface area contributed by atoms with Gasteiger partial charge in [-0.05, 0) is 53.7 Å². The van der Waals surface area contributed by atoms with Crippen molar-refractivity contribution in [2.45, 2.75) is 38.2 Å². The lowest BCUT2D eigenvalue weighted by Gasteiger charge is -2.23. The molecule has 0 spiro atoms. The van der Waals surface area contributed by atoms with Gasteiger partial charge in [-0.15, -0.1) is 0 Å². The van der Waals surface area contributed by atoms with Crippen LogP contribution in [0.1, 0.15) is 42.5 Å². The molecule has 3 nitrogen and oxygen atoms in total. The van der Waals surface area contributed by atoms with E-state index in [1.807, 2.05) is 0 Å². The van der Waals surface area contributed by atoms with Crippen LogP contribution in [-0.2, 0) is 0 Å². The highest BCUT2D eigenvalue weighted by molar-refractivity contribution is 9.10. The third-order valence-electron chi connectivity index (χ3n) is 3.04. The highest BCUT2D eigenvalue weighted by Crippen LogP contribution is 2.30. The number of carbonyl (C=O) groups is 1. The number of halogens is 1. The van der Waals surface area contributed by atoms with Gasteiger partial charge >= 0.3 is 5.97 Å². The first kappa shape index (κ1) is 12.4. The average molecular weight is 299 g/mol. The van der Waals surface area contributed by atoms with Crippen molar-refractivity contribution >= 4 is 21.9 Å². The fraction of sp³-hybridized carbons (Fsp3) is 0.462. The van der Waals surface area contributed by atoms with Gasteiger partial charge in [-0.3, -0.25) is 0 Å². The summed E-state index contributed by atoms with van der Waals surface area (Å²) in [6, 6.07) is 5.24. The van der Waals surface area contributed by atoms with Crippen molar-refractivity contribution in [3.63, 3.8) is 0 Å². The van der Waals surface area contributed by atoms with Crippen LogP contribution in [0.4, 0.5) is 0 Å². The van der Waals surface area contributed by atoms with Crippen LogP contribution in [0, 0.1) is 0 Å². The lowest BCUT2D eigenvalue weighted by atomic mass is 9.97. The van der Waals surface area contributed by atoms with Gasteiger partial charge in [0.15, 0.2) is 0 Å². The SMILES string of the molecule is O=C(O)c1c(Br)cccc1OC1CCCCC1. The third kappa shape index (κ3) is 3.00. The molecule has 1 saturated carbocycles. The molecule has 4 heteroatoms. The van der Waals surface area contributed by atoms with Crippen molar-refractivity contribution in [3.05, 3.63) is 28.2 Å². The molecule has 92 valence electrons. The van der Waals surface area contributed by atoms with Gasteiger partial charge in [0.1, 0.15) is 11.3 Å². The third-order valence-corrected chi connectivity index (χ3v) is 3.70. The van der Waals surface area contributed by atoms with E-state index >= 15 is 0 Å². The second kappa shape index (κ2) is 5.54. The van der Waals surface area contributed by atoms with Crippen molar-refractivity contribution in [3.8, 4) is 5.75 Å². The fourth-order valence-corrected chi connectivity index (χ4v) is 2.69. The summed E-state index contributed by atoms with van der Waals surface area (Å²) in [4.78, 5) is 11.2. The Hall–Kier alpha value is -1.03. The normalized spacial score (nSPS) is 16.8. The summed E-state index contributed by atoms with van der Waals surface area (Å²) in [6.07, 6.45) is 5.79. The molecule has 0 amide bonds. The molecule has 1 aliphatic carbocycles. The minimum atomic E-state index is -0.955. The molecule has 1 aromatic carbocycles. The maximum atomic E-state index is 11.2. The molecule has 0 aromatic heterocycles. The average Bonchev–Trinajstić information content (AvgIpc) is 2.30. The van der Waals surface area contributed by atoms with Crippen molar-refractivity contribution < 1.29 is 14.6 Å². The van der Waals surface area contributed by atoms with Gasteiger partial charge in [-0.25, -0.2) is 4.79 Å². The van der Waals surface area contributed by atoms with Gasteiger partial charge in [0.2, 0.25) is 0 Å². The van der Waals surface area contributed by atoms with Crippen LogP contribution in [-0.4, -0.2) is 17.2 Å². The number of carboxylic acids is 1. The summed E-state index contributed by atoms with van der Waals surface area (Å²) in [5, 5.41) is 9.17. The first-order chi connectivity index (χ1) is 8.18. The van der Waals surface area contributed by atoms with Crippen molar-refractivity contribution in [1.82, 2.24) is 0 Å². The van der Waals surface area contributed by atoms with Crippen LogP contribution in [0.25, 0.3) is 0 Å². The predicted octanol–water partition coefficient (Wildman–Crippen LogP) is 3.86. The van der Waals surface area contributed by atoms with E-state index in [1.165, 1.54) is 19.3 Å². The monoisotopic (exact) mass is 298 g/mol. The van der Waals surface area contributed by atoms with E-state index in [0.717, 1.165) is 12.8 Å². The number of hydrogen-bond acceptors (Lipinski definition) is 2. The Labute approximate surface area is 109 Å². The molecule has 0 aliphatic heterocycles. The molecule has 17 heavy (non-hydrogen) atoms. The summed E-state index contributed by atoms with van der Waals surface area (Å²) >= 11 is 3.25. The molecule has 1 N–H and O–H groups in total. The topological polar surface area (TPSA) is 46.5 Å². The van der Waals surface area contributed by atoms with Crippen LogP contribution in [0.5, 0.6) is 5.75 Å². The molecule has 0 saturated heterocycles. The fourth-order valence-electron chi connectivity index (χ4n) is 2.17. The second-order valence-electron chi connectivity index (χ2n) is 4.30. The molecule has 2 rings (SSSR count). The van der Waals surface area contributed by atoms with Gasteiger partial charge in [0, 0.05) is 4.47 Å². The van der Waals surface area contributed by atoms with Crippen molar-refractivity contribution in [1.29, 1.82) is 0 Å². The van der Waals surface area contributed by atoms with E-state index in [9.17, 15) is 4.79 Å². The molecule has 0 unspecified atom stereocenters. The summed E-state index contributed by atoms with van der Waals surface area (Å²) in [5.41, 5.74) is 0.220. The first-order valence-electron chi connectivity index (χ1n) is 5.87. The van der Waals surface area contributed by atoms with E-state index in [-0.39, 0.29) is 11.7 Å². The summed E-state index contributed by atoms with van der Waals surface area (Å²) in [6.45, 7) is 0. The maximum Gasteiger partial charge on any atom is 0.340 e. The van der Waals surface area contributed by atoms with Gasteiger partial charge in [0.05, 0.1) is 6.10 Å². The van der Waals surface area contributed by atoms with Crippen molar-refractivity contribution in [2.24, 2.45) is 0 Å². The summed E-state index contributed by atoms with van der Waals surface area (Å²) in [7, 11) is 0. The zero-order valence-electron chi connectivity index (χ0n) is 9.49. The van der Waals surface area contributed by atoms with Gasteiger partial charge in [0.25, 0.3) is 0 Å². The predicted molar refractivity (Wildman–Crippen MR) is 68.6 cm³/mol. The Morgan fingerprint density at radius 1 is 1.29 bits per heavy atom. The number of carboxylic acid groups (broad SMARTS) is 1. The quantitative estimate of drug-likeness (QED) is 0.922. The summed E-state index contributed by atoms with van der Waals surface area (Å²) < 4.78 is 6.39. The lowest BCUT2D eigenvalue weighted by molar-refractivity contribution is 0.0685. The standard InChI is InChI=1S/C13H15BrO3/c14-10-7-4-8-11(12(10)13(15)16)17-9-5-2-1-3-6-9/h4,7-9H,1-3,5-6H2,(H,15,16). The number of benzene rings is 1. The van der Waals surface area contributed by atoms with E-state index in [0.29, 0.717) is 10.2 Å². The Balaban J connectivity index is 2.19. The minimum Gasteiger partial charge on any atom is -0.489 e. The molecule has 0 heterocycles. The number of hydrogen-bond donors (Lipinski definition) is 1. The van der Waals surface area contributed by atoms with E-state index in [4.69, 9.17) is 9.84 Å². The molecular formula is C13H15BrO3. The lowest BCUT2D eigenvalue weighted by Crippen LogP contribution is -2.20. The highest BCUT2D eigenvalue weighted by Gasteiger charge is 2.20. The molecule has 0 bridgehead atoms. The Morgan fingerprint density at radius 3 is 2.65 bits per heavy atom. The smallest absolute Gasteiger partial charge is 0.340 e. The molecule has 1 aromatic rings. The van der Waals surface area contributed by atoms with E-state index in [2.05, 4.69) is 15.9 Å². The largest absolute Gasteiger partial charge is 0.489 e. The van der Waals surface area contributed by atoms with Crippen LogP contribution in [0.15, 0.2) is 22.7 Å². The van der Waals surface area contributed by atoms with Crippen LogP contribution in [0.3, 0.4) is 0 Å². The van der Waals surface area contributed by atoms with E-state index in [1.54, 1.807) is 18.2 Å². The number of ether oxygens (including phenoxy) is 1. The molecule has 0 atom stereocenters. The number of aromatic carboxylic acids is 1. The van der Waals surface area contributed by atoms with Crippen LogP contribution >= 0.6 is 15.9 Å². The Bertz CT molecular complexity index is 411. The Kier molecular flexibility index (Phi) is 4.05. The first-order valence-corrected chi connectivity index (χ1v) is 6.66. The maximum absolute atomic E-state index is 11.2. The zero-order chi connectivity index (χ0) is 12.3. The highest BCUT2D eigenvalue weighted by atomic mass is 79.9. The van der Waals surface area contributed by atoms with Gasteiger partial charge in [-0.1, -0.05) is 12.5 Å². The molecule has 0 radical (unpaired) electrons. The van der Waals surface area contributed by atoms with Crippen LogP contribution in [0.2, 0.25) is 0 Å². The Morgan fingerprint density at radius 2 is 2.00 bits per heavy atom. The van der Waals surface area contributed by atoms with Crippen LogP contribution < -0.4 is 4.74 Å². The van der Waals surface area contributed by atoms with Gasteiger partial charge in [-0.2, -0.15) is 0 Å². The number of rotatable bonds is 3. The van der Waals surface area contributed by atoms with Gasteiger partial charge < -0.3 is 9.84 Å². The zero-order valence-corrected chi connectivity index (χ0v) is 11.1. The second-order valence-corrected chi connectivity index (χ2v) is 5.15. The van der Waals surface area contributed by atoms with E-state index < -0.39 is 5.97 Å². The minimum absolute atomic E-state index is 0.163. The molecule has 1 aliphatic rings.